The van der Waals surface area contributed by atoms with Crippen molar-refractivity contribution in [3.8, 4) is 17.1 Å². The van der Waals surface area contributed by atoms with Gasteiger partial charge in [0.2, 0.25) is 5.88 Å². The van der Waals surface area contributed by atoms with Gasteiger partial charge in [-0.2, -0.15) is 0 Å². The molecule has 2 N–H and O–H groups in total. The lowest BCUT2D eigenvalue weighted by Gasteiger charge is -2.07. The summed E-state index contributed by atoms with van der Waals surface area (Å²) in [6.07, 6.45) is 5.81. The van der Waals surface area contributed by atoms with Crippen molar-refractivity contribution >= 4 is 17.4 Å². The summed E-state index contributed by atoms with van der Waals surface area (Å²) < 4.78 is 7.53. The zero-order chi connectivity index (χ0) is 16.1. The van der Waals surface area contributed by atoms with Gasteiger partial charge in [-0.1, -0.05) is 12.1 Å². The van der Waals surface area contributed by atoms with Crippen molar-refractivity contribution in [1.82, 2.24) is 14.6 Å². The molecule has 2 aromatic heterocycles. The molecule has 0 fully saturated rings. The quantitative estimate of drug-likeness (QED) is 0.533. The second-order valence-corrected chi connectivity index (χ2v) is 6.04. The summed E-state index contributed by atoms with van der Waals surface area (Å²) in [7, 11) is 0. The minimum atomic E-state index is 0.606. The summed E-state index contributed by atoms with van der Waals surface area (Å²) in [6.45, 7) is 1.31. The number of aromatic nitrogens is 3. The molecule has 6 heteroatoms. The first-order chi connectivity index (χ1) is 11.3. The van der Waals surface area contributed by atoms with E-state index < -0.39 is 0 Å². The van der Waals surface area contributed by atoms with Gasteiger partial charge in [-0.25, -0.2) is 9.50 Å². The molecule has 0 unspecified atom stereocenters. The van der Waals surface area contributed by atoms with Crippen LogP contribution in [0.1, 0.15) is 12.8 Å². The number of benzene rings is 1. The van der Waals surface area contributed by atoms with Crippen molar-refractivity contribution in [1.29, 1.82) is 0 Å². The van der Waals surface area contributed by atoms with Gasteiger partial charge >= 0.3 is 0 Å². The highest BCUT2D eigenvalue weighted by atomic mass is 32.2. The van der Waals surface area contributed by atoms with Crippen molar-refractivity contribution in [2.45, 2.75) is 17.7 Å². The molecule has 0 amide bonds. The summed E-state index contributed by atoms with van der Waals surface area (Å²) in [4.78, 5) is 5.64. The third-order valence-corrected chi connectivity index (χ3v) is 4.28. The third-order valence-electron chi connectivity index (χ3n) is 3.55. The lowest BCUT2D eigenvalue weighted by molar-refractivity contribution is 0.292. The summed E-state index contributed by atoms with van der Waals surface area (Å²) in [5, 5.41) is 4.56. The Morgan fingerprint density at radius 2 is 2.13 bits per heavy atom. The number of nitrogens with two attached hydrogens (primary N) is 1. The van der Waals surface area contributed by atoms with E-state index in [2.05, 4.69) is 34.5 Å². The van der Waals surface area contributed by atoms with Crippen LogP contribution in [0.5, 0.6) is 5.88 Å². The normalized spacial score (nSPS) is 11.0. The first kappa shape index (κ1) is 15.8. The molecule has 0 saturated heterocycles. The Morgan fingerprint density at radius 1 is 1.22 bits per heavy atom. The SMILES string of the molecule is CSc1cccc(-c2cnc3ccc(OCCCCN)nn23)c1. The molecule has 1 aromatic carbocycles. The fraction of sp³-hybridized carbons (Fsp3) is 0.294. The van der Waals surface area contributed by atoms with Crippen molar-refractivity contribution < 1.29 is 4.74 Å². The van der Waals surface area contributed by atoms with Crippen LogP contribution in [-0.4, -0.2) is 34.0 Å². The van der Waals surface area contributed by atoms with Crippen LogP contribution < -0.4 is 10.5 Å². The predicted molar refractivity (Wildman–Crippen MR) is 94.0 cm³/mol. The highest BCUT2D eigenvalue weighted by Crippen LogP contribution is 2.25. The molecule has 0 radical (unpaired) electrons. The molecule has 3 rings (SSSR count). The minimum absolute atomic E-state index is 0.606. The molecule has 23 heavy (non-hydrogen) atoms. The molecule has 0 bridgehead atoms. The van der Waals surface area contributed by atoms with Crippen LogP contribution in [0.4, 0.5) is 0 Å². The molecule has 0 atom stereocenters. The summed E-state index contributed by atoms with van der Waals surface area (Å²) in [6, 6.07) is 12.1. The third kappa shape index (κ3) is 3.65. The van der Waals surface area contributed by atoms with Crippen LogP contribution in [0.25, 0.3) is 16.9 Å². The van der Waals surface area contributed by atoms with E-state index in [1.54, 1.807) is 11.8 Å². The monoisotopic (exact) mass is 328 g/mol. The lowest BCUT2D eigenvalue weighted by Crippen LogP contribution is -2.05. The second kappa shape index (κ2) is 7.48. The molecule has 2 heterocycles. The lowest BCUT2D eigenvalue weighted by atomic mass is 10.2. The van der Waals surface area contributed by atoms with Gasteiger partial charge in [-0.3, -0.25) is 0 Å². The molecule has 0 saturated carbocycles. The van der Waals surface area contributed by atoms with Gasteiger partial charge in [0, 0.05) is 16.5 Å². The largest absolute Gasteiger partial charge is 0.477 e. The van der Waals surface area contributed by atoms with Crippen molar-refractivity contribution in [2.75, 3.05) is 19.4 Å². The molecule has 0 aliphatic carbocycles. The van der Waals surface area contributed by atoms with E-state index in [-0.39, 0.29) is 0 Å². The van der Waals surface area contributed by atoms with E-state index in [1.807, 2.05) is 28.9 Å². The number of unbranched alkanes of at least 4 members (excludes halogenated alkanes) is 1. The number of thioether (sulfide) groups is 1. The van der Waals surface area contributed by atoms with Gasteiger partial charge in [0.05, 0.1) is 18.5 Å². The van der Waals surface area contributed by atoms with E-state index in [9.17, 15) is 0 Å². The van der Waals surface area contributed by atoms with Crippen LogP contribution in [0.2, 0.25) is 0 Å². The Hall–Kier alpha value is -2.05. The predicted octanol–water partition coefficient (Wildman–Crippen LogP) is 3.24. The van der Waals surface area contributed by atoms with Gasteiger partial charge in [-0.15, -0.1) is 16.9 Å². The van der Waals surface area contributed by atoms with Crippen molar-refractivity contribution in [2.24, 2.45) is 5.73 Å². The molecule has 0 aliphatic rings. The summed E-state index contributed by atoms with van der Waals surface area (Å²) in [5.41, 5.74) is 8.36. The molecule has 120 valence electrons. The second-order valence-electron chi connectivity index (χ2n) is 5.16. The maximum Gasteiger partial charge on any atom is 0.231 e. The average molecular weight is 328 g/mol. The zero-order valence-electron chi connectivity index (χ0n) is 13.1. The van der Waals surface area contributed by atoms with E-state index in [0.29, 0.717) is 19.0 Å². The fourth-order valence-electron chi connectivity index (χ4n) is 2.34. The topological polar surface area (TPSA) is 65.4 Å². The highest BCUT2D eigenvalue weighted by Gasteiger charge is 2.09. The number of nitrogens with zero attached hydrogens (tertiary/aromatic N) is 3. The number of hydrogen-bond acceptors (Lipinski definition) is 5. The van der Waals surface area contributed by atoms with Gasteiger partial charge in [0.15, 0.2) is 5.65 Å². The maximum absolute atomic E-state index is 5.70. The van der Waals surface area contributed by atoms with Crippen molar-refractivity contribution in [3.05, 3.63) is 42.6 Å². The smallest absolute Gasteiger partial charge is 0.231 e. The summed E-state index contributed by atoms with van der Waals surface area (Å²) >= 11 is 1.72. The Bertz CT molecular complexity index is 787. The number of hydrogen-bond donors (Lipinski definition) is 1. The first-order valence-corrected chi connectivity index (χ1v) is 8.86. The van der Waals surface area contributed by atoms with Crippen LogP contribution in [0.3, 0.4) is 0 Å². The molecule has 3 aromatic rings. The standard InChI is InChI=1S/C17H20N4OS/c1-23-14-6-4-5-13(11-14)15-12-19-16-7-8-17(20-21(15)16)22-10-3-2-9-18/h4-8,11-12H,2-3,9-10,18H2,1H3. The van der Waals surface area contributed by atoms with Crippen LogP contribution in [-0.2, 0) is 0 Å². The van der Waals surface area contributed by atoms with E-state index in [1.165, 1.54) is 4.90 Å². The van der Waals surface area contributed by atoms with Gasteiger partial charge < -0.3 is 10.5 Å². The minimum Gasteiger partial charge on any atom is -0.477 e. The number of imidazole rings is 1. The molecular formula is C17H20N4OS. The van der Waals surface area contributed by atoms with Crippen LogP contribution >= 0.6 is 11.8 Å². The highest BCUT2D eigenvalue weighted by molar-refractivity contribution is 7.98. The Kier molecular flexibility index (Phi) is 5.15. The van der Waals surface area contributed by atoms with Crippen LogP contribution in [0.15, 0.2) is 47.5 Å². The molecule has 0 spiro atoms. The first-order valence-electron chi connectivity index (χ1n) is 7.64. The number of ether oxygens (including phenoxy) is 1. The molecule has 5 nitrogen and oxygen atoms in total. The number of fused-ring (bicyclic) bond motifs is 1. The fourth-order valence-corrected chi connectivity index (χ4v) is 2.80. The van der Waals surface area contributed by atoms with Gasteiger partial charge in [-0.05, 0) is 43.8 Å². The van der Waals surface area contributed by atoms with E-state index in [4.69, 9.17) is 10.5 Å². The number of rotatable bonds is 7. The molecule has 0 aliphatic heterocycles. The van der Waals surface area contributed by atoms with E-state index >= 15 is 0 Å². The van der Waals surface area contributed by atoms with Gasteiger partial charge in [0.25, 0.3) is 0 Å². The summed E-state index contributed by atoms with van der Waals surface area (Å²) in [5.74, 6) is 0.606. The molecular weight excluding hydrogens is 308 g/mol. The van der Waals surface area contributed by atoms with Crippen LogP contribution in [0, 0.1) is 0 Å². The Labute approximate surface area is 139 Å². The van der Waals surface area contributed by atoms with Gasteiger partial charge in [0.1, 0.15) is 0 Å². The van der Waals surface area contributed by atoms with Crippen molar-refractivity contribution in [3.63, 3.8) is 0 Å². The Balaban J connectivity index is 1.88. The Morgan fingerprint density at radius 3 is 2.96 bits per heavy atom. The zero-order valence-corrected chi connectivity index (χ0v) is 13.9. The average Bonchev–Trinajstić information content (AvgIpc) is 3.02. The van der Waals surface area contributed by atoms with E-state index in [0.717, 1.165) is 29.7 Å². The maximum atomic E-state index is 5.70.